The predicted octanol–water partition coefficient (Wildman–Crippen LogP) is -2.20. The van der Waals surface area contributed by atoms with Crippen LogP contribution >= 0.6 is 0 Å². The topological polar surface area (TPSA) is 107 Å². The molecule has 0 aliphatic carbocycles. The lowest BCUT2D eigenvalue weighted by atomic mass is 10.5. The Hall–Kier alpha value is -1.19. The Labute approximate surface area is 89.2 Å². The van der Waals surface area contributed by atoms with Crippen LogP contribution in [-0.4, -0.2) is 49.4 Å². The lowest BCUT2D eigenvalue weighted by Crippen LogP contribution is -2.21. The molecule has 0 unspecified atom stereocenters. The lowest BCUT2D eigenvalue weighted by Gasteiger charge is -2.05. The van der Waals surface area contributed by atoms with Gasteiger partial charge in [0.2, 0.25) is 0 Å². The second kappa shape index (κ2) is 5.05. The molecule has 0 spiro atoms. The summed E-state index contributed by atoms with van der Waals surface area (Å²) >= 11 is 0. The second-order valence-electron chi connectivity index (χ2n) is 2.41. The van der Waals surface area contributed by atoms with E-state index in [1.807, 2.05) is 0 Å². The molecule has 0 aromatic carbocycles. The molecule has 86 valence electrons. The molecule has 0 aliphatic rings. The van der Waals surface area contributed by atoms with Crippen molar-refractivity contribution in [3.05, 3.63) is 10.1 Å². The monoisotopic (exact) mass is 254 g/mol. The Balaban J connectivity index is 5.69. The smallest absolute Gasteiger partial charge is 0.352 e. The van der Waals surface area contributed by atoms with Gasteiger partial charge in [0.15, 0.2) is 4.91 Å². The van der Waals surface area contributed by atoms with E-state index in [4.69, 9.17) is 4.55 Å². The number of rotatable bonds is 3. The van der Waals surface area contributed by atoms with Gasteiger partial charge in [-0.1, -0.05) is 0 Å². The standard InChI is InChI=1S/C6H10O7SSi/c1-12-5(7)3(14(9,10)11)4(15)6(8)13-2/h1-2,15H3,(H,9,10,11)/b4-3+. The molecule has 0 saturated carbocycles. The molecule has 0 saturated heterocycles. The van der Waals surface area contributed by atoms with Crippen molar-refractivity contribution in [3.63, 3.8) is 0 Å². The molecule has 0 heterocycles. The van der Waals surface area contributed by atoms with E-state index in [2.05, 4.69) is 9.47 Å². The molecule has 1 N–H and O–H groups in total. The van der Waals surface area contributed by atoms with Gasteiger partial charge in [0, 0.05) is 5.20 Å². The number of carbonyl (C=O) groups excluding carboxylic acids is 2. The predicted molar refractivity (Wildman–Crippen MR) is 52.5 cm³/mol. The van der Waals surface area contributed by atoms with E-state index in [1.165, 1.54) is 0 Å². The Kier molecular flexibility index (Phi) is 4.65. The van der Waals surface area contributed by atoms with Crippen molar-refractivity contribution in [2.45, 2.75) is 0 Å². The van der Waals surface area contributed by atoms with Crippen molar-refractivity contribution in [2.24, 2.45) is 0 Å². The fraction of sp³-hybridized carbons (Fsp3) is 0.333. The summed E-state index contributed by atoms with van der Waals surface area (Å²) in [5.74, 6) is -2.28. The highest BCUT2D eigenvalue weighted by molar-refractivity contribution is 7.91. The van der Waals surface area contributed by atoms with Crippen LogP contribution in [0.1, 0.15) is 0 Å². The maximum Gasteiger partial charge on any atom is 0.352 e. The Bertz CT molecular complexity index is 407. The minimum absolute atomic E-state index is 0.0859. The Morgan fingerprint density at radius 3 is 1.80 bits per heavy atom. The molecule has 0 radical (unpaired) electrons. The Morgan fingerprint density at radius 2 is 1.53 bits per heavy atom. The number of hydrogen-bond donors (Lipinski definition) is 1. The van der Waals surface area contributed by atoms with Crippen LogP contribution in [-0.2, 0) is 29.2 Å². The summed E-state index contributed by atoms with van der Waals surface area (Å²) < 4.78 is 38.7. The zero-order valence-corrected chi connectivity index (χ0v) is 11.1. The molecular formula is C6H10O7SSi. The highest BCUT2D eigenvalue weighted by Crippen LogP contribution is 2.11. The maximum atomic E-state index is 11.0. The van der Waals surface area contributed by atoms with Crippen LogP contribution in [0, 0.1) is 0 Å². The van der Waals surface area contributed by atoms with Gasteiger partial charge in [0.05, 0.1) is 24.5 Å². The largest absolute Gasteiger partial charge is 0.466 e. The van der Waals surface area contributed by atoms with E-state index in [9.17, 15) is 18.0 Å². The van der Waals surface area contributed by atoms with Gasteiger partial charge in [0.25, 0.3) is 0 Å². The van der Waals surface area contributed by atoms with Gasteiger partial charge in [-0.15, -0.1) is 0 Å². The summed E-state index contributed by atoms with van der Waals surface area (Å²) in [5.41, 5.74) is 0. The summed E-state index contributed by atoms with van der Waals surface area (Å²) in [7, 11) is -2.92. The number of hydrogen-bond acceptors (Lipinski definition) is 6. The second-order valence-corrected chi connectivity index (χ2v) is 4.77. The van der Waals surface area contributed by atoms with E-state index in [0.29, 0.717) is 0 Å². The summed E-state index contributed by atoms with van der Waals surface area (Å²) in [4.78, 5) is 20.9. The number of esters is 2. The third kappa shape index (κ3) is 3.45. The van der Waals surface area contributed by atoms with Crippen molar-refractivity contribution in [3.8, 4) is 0 Å². The summed E-state index contributed by atoms with van der Waals surface area (Å²) in [6.45, 7) is 0. The van der Waals surface area contributed by atoms with Crippen LogP contribution in [0.25, 0.3) is 0 Å². The summed E-state index contributed by atoms with van der Waals surface area (Å²) in [6, 6.07) is 0. The van der Waals surface area contributed by atoms with Crippen LogP contribution < -0.4 is 0 Å². The van der Waals surface area contributed by atoms with Crippen molar-refractivity contribution >= 4 is 32.3 Å². The third-order valence-corrected chi connectivity index (χ3v) is 3.72. The molecule has 0 atom stereocenters. The first-order valence-corrected chi connectivity index (χ1v) is 6.04. The lowest BCUT2D eigenvalue weighted by molar-refractivity contribution is -0.138. The summed E-state index contributed by atoms with van der Waals surface area (Å²) in [5, 5.41) is -0.410. The fourth-order valence-corrected chi connectivity index (χ4v) is 2.74. The van der Waals surface area contributed by atoms with E-state index < -0.39 is 32.2 Å². The molecule has 0 bridgehead atoms. The zero-order valence-electron chi connectivity index (χ0n) is 8.30. The van der Waals surface area contributed by atoms with E-state index in [0.717, 1.165) is 14.2 Å². The van der Waals surface area contributed by atoms with Gasteiger partial charge >= 0.3 is 22.1 Å². The van der Waals surface area contributed by atoms with Crippen molar-refractivity contribution in [1.29, 1.82) is 0 Å². The van der Waals surface area contributed by atoms with Crippen molar-refractivity contribution in [1.82, 2.24) is 0 Å². The van der Waals surface area contributed by atoms with Crippen LogP contribution in [0.2, 0.25) is 0 Å². The highest BCUT2D eigenvalue weighted by Gasteiger charge is 2.29. The molecule has 0 aliphatic heterocycles. The quantitative estimate of drug-likeness (QED) is 0.263. The molecule has 0 fully saturated rings. The Morgan fingerprint density at radius 1 is 1.13 bits per heavy atom. The van der Waals surface area contributed by atoms with E-state index >= 15 is 0 Å². The fourth-order valence-electron chi connectivity index (χ4n) is 0.790. The molecule has 0 aromatic heterocycles. The molecule has 7 nitrogen and oxygen atoms in total. The minimum Gasteiger partial charge on any atom is -0.466 e. The van der Waals surface area contributed by atoms with Gasteiger partial charge in [-0.25, -0.2) is 9.59 Å². The van der Waals surface area contributed by atoms with Crippen molar-refractivity contribution < 1.29 is 32.0 Å². The maximum absolute atomic E-state index is 11.0. The average Bonchev–Trinajstić information content (AvgIpc) is 2.14. The molecule has 0 rings (SSSR count). The molecule has 15 heavy (non-hydrogen) atoms. The van der Waals surface area contributed by atoms with Crippen molar-refractivity contribution in [2.75, 3.05) is 14.2 Å². The first-order chi connectivity index (χ1) is 6.75. The average molecular weight is 254 g/mol. The molecule has 0 aromatic rings. The van der Waals surface area contributed by atoms with E-state index in [1.54, 1.807) is 0 Å². The van der Waals surface area contributed by atoms with Crippen LogP contribution in [0.15, 0.2) is 10.1 Å². The molecular weight excluding hydrogens is 244 g/mol. The van der Waals surface area contributed by atoms with Gasteiger partial charge in [-0.3, -0.25) is 4.55 Å². The minimum atomic E-state index is -4.79. The number of ether oxygens (including phenoxy) is 2. The zero-order chi connectivity index (χ0) is 12.2. The van der Waals surface area contributed by atoms with Crippen LogP contribution in [0.4, 0.5) is 0 Å². The summed E-state index contributed by atoms with van der Waals surface area (Å²) in [6.07, 6.45) is 0. The normalized spacial score (nSPS) is 13.0. The van der Waals surface area contributed by atoms with Gasteiger partial charge in [-0.05, 0) is 0 Å². The van der Waals surface area contributed by atoms with E-state index in [-0.39, 0.29) is 10.2 Å². The van der Waals surface area contributed by atoms with Crippen LogP contribution in [0.5, 0.6) is 0 Å². The first kappa shape index (κ1) is 13.8. The van der Waals surface area contributed by atoms with Gasteiger partial charge in [-0.2, -0.15) is 8.42 Å². The van der Waals surface area contributed by atoms with Gasteiger partial charge < -0.3 is 9.47 Å². The highest BCUT2D eigenvalue weighted by atomic mass is 32.2. The molecule has 0 amide bonds. The van der Waals surface area contributed by atoms with Crippen LogP contribution in [0.3, 0.4) is 0 Å². The third-order valence-electron chi connectivity index (χ3n) is 1.46. The first-order valence-electron chi connectivity index (χ1n) is 3.60. The number of methoxy groups -OCH3 is 2. The molecule has 9 heteroatoms. The SMILES string of the molecule is COC(=O)/C([SiH3])=C(/C(=O)OC)S(=O)(=O)O. The number of carbonyl (C=O) groups is 2. The van der Waals surface area contributed by atoms with Gasteiger partial charge in [0.1, 0.15) is 0 Å².